The van der Waals surface area contributed by atoms with Gasteiger partial charge in [0.25, 0.3) is 0 Å². The number of carboxylic acid groups (broad SMARTS) is 1. The van der Waals surface area contributed by atoms with Crippen molar-refractivity contribution in [3.8, 4) is 0 Å². The fraction of sp³-hybridized carbons (Fsp3) is 0.789. The molecule has 1 unspecified atom stereocenters. The van der Waals surface area contributed by atoms with Gasteiger partial charge in [-0.3, -0.25) is 9.59 Å². The third-order valence-electron chi connectivity index (χ3n) is 7.85. The fourth-order valence-electron chi connectivity index (χ4n) is 5.14. The number of carboxylic acids is 1. The van der Waals surface area contributed by atoms with Crippen LogP contribution in [0.1, 0.15) is 187 Å². The smallest absolute Gasteiger partial charge is 0.306 e. The maximum absolute atomic E-state index is 12.3. The normalized spacial score (nSPS) is 12.6. The zero-order chi connectivity index (χ0) is 30.8. The number of carbonyl (C=O) groups excluding carboxylic acids is 1. The van der Waals surface area contributed by atoms with Crippen LogP contribution in [0.5, 0.6) is 0 Å². The highest BCUT2D eigenvalue weighted by Gasteiger charge is 2.15. The minimum absolute atomic E-state index is 0.0676. The summed E-state index contributed by atoms with van der Waals surface area (Å²) in [6, 6.07) is 0. The summed E-state index contributed by atoms with van der Waals surface area (Å²) < 4.78 is 5.69. The van der Waals surface area contributed by atoms with E-state index in [2.05, 4.69) is 50.3 Å². The Balaban J connectivity index is 3.71. The average molecular weight is 589 g/mol. The number of allylic oxidation sites excluding steroid dienone is 6. The SMILES string of the molecule is CCCCC/C=C\C/C=C\CCCC/C=C\CCCCCCCC(=O)OC(CCCCCCCCCC)CCC(=O)O. The molecule has 0 rings (SSSR count). The minimum atomic E-state index is -0.818. The lowest BCUT2D eigenvalue weighted by atomic mass is 10.0. The molecule has 0 spiro atoms. The second kappa shape index (κ2) is 33.7. The van der Waals surface area contributed by atoms with Crippen LogP contribution in [-0.4, -0.2) is 23.1 Å². The Morgan fingerprint density at radius 3 is 1.52 bits per heavy atom. The quantitative estimate of drug-likeness (QED) is 0.0482. The van der Waals surface area contributed by atoms with E-state index in [0.29, 0.717) is 12.8 Å². The largest absolute Gasteiger partial charge is 0.481 e. The van der Waals surface area contributed by atoms with Crippen LogP contribution in [0.4, 0.5) is 0 Å². The molecular weight excluding hydrogens is 520 g/mol. The Kier molecular flexibility index (Phi) is 32.2. The van der Waals surface area contributed by atoms with Gasteiger partial charge in [0, 0.05) is 12.8 Å². The van der Waals surface area contributed by atoms with E-state index in [1.165, 1.54) is 103 Å². The molecule has 244 valence electrons. The number of aliphatic carboxylic acids is 1. The first-order valence-electron chi connectivity index (χ1n) is 18.0. The third kappa shape index (κ3) is 32.7. The van der Waals surface area contributed by atoms with Crippen molar-refractivity contribution in [2.75, 3.05) is 0 Å². The molecule has 0 aliphatic rings. The molecule has 0 amide bonds. The van der Waals surface area contributed by atoms with Crippen LogP contribution in [-0.2, 0) is 14.3 Å². The van der Waals surface area contributed by atoms with Crippen molar-refractivity contribution in [1.82, 2.24) is 0 Å². The predicted octanol–water partition coefficient (Wildman–Crippen LogP) is 12.2. The zero-order valence-corrected chi connectivity index (χ0v) is 27.8. The number of unbranched alkanes of at least 4 members (excludes halogenated alkanes) is 18. The maximum atomic E-state index is 12.3. The topological polar surface area (TPSA) is 63.6 Å². The summed E-state index contributed by atoms with van der Waals surface area (Å²) in [6.45, 7) is 4.48. The summed E-state index contributed by atoms with van der Waals surface area (Å²) in [5, 5.41) is 9.05. The molecule has 0 aromatic carbocycles. The van der Waals surface area contributed by atoms with Gasteiger partial charge in [-0.05, 0) is 83.5 Å². The van der Waals surface area contributed by atoms with Crippen LogP contribution in [0.2, 0.25) is 0 Å². The molecule has 0 saturated carbocycles. The van der Waals surface area contributed by atoms with Crippen molar-refractivity contribution < 1.29 is 19.4 Å². The second-order valence-electron chi connectivity index (χ2n) is 12.0. The first-order chi connectivity index (χ1) is 20.6. The van der Waals surface area contributed by atoms with Gasteiger partial charge in [0.2, 0.25) is 0 Å². The van der Waals surface area contributed by atoms with E-state index in [0.717, 1.165) is 51.4 Å². The lowest BCUT2D eigenvalue weighted by molar-refractivity contribution is -0.151. The lowest BCUT2D eigenvalue weighted by Crippen LogP contribution is -2.19. The molecule has 0 radical (unpaired) electrons. The molecule has 0 aromatic heterocycles. The Morgan fingerprint density at radius 1 is 0.524 bits per heavy atom. The monoisotopic (exact) mass is 589 g/mol. The standard InChI is InChI=1S/C38H68O4/c1-3-5-7-9-11-13-14-15-16-17-18-19-20-21-22-23-24-25-27-29-31-33-38(41)42-36(34-35-37(39)40)32-30-28-26-12-10-8-6-4-2/h11,13,15-16,21-22,36H,3-10,12,14,17-20,23-35H2,1-2H3,(H,39,40)/b13-11-,16-15-,22-21-. The number of hydrogen-bond acceptors (Lipinski definition) is 3. The first-order valence-corrected chi connectivity index (χ1v) is 18.0. The molecule has 1 atom stereocenters. The zero-order valence-electron chi connectivity index (χ0n) is 27.8. The van der Waals surface area contributed by atoms with Gasteiger partial charge in [0.1, 0.15) is 6.10 Å². The molecule has 0 bridgehead atoms. The van der Waals surface area contributed by atoms with Crippen LogP contribution in [0, 0.1) is 0 Å². The molecule has 0 heterocycles. The summed E-state index contributed by atoms with van der Waals surface area (Å²) in [4.78, 5) is 23.4. The van der Waals surface area contributed by atoms with Crippen LogP contribution in [0.15, 0.2) is 36.5 Å². The predicted molar refractivity (Wildman–Crippen MR) is 181 cm³/mol. The molecule has 42 heavy (non-hydrogen) atoms. The number of esters is 1. The molecule has 1 N–H and O–H groups in total. The Morgan fingerprint density at radius 2 is 0.952 bits per heavy atom. The highest BCUT2D eigenvalue weighted by atomic mass is 16.5. The highest BCUT2D eigenvalue weighted by Crippen LogP contribution is 2.17. The summed E-state index contributed by atoms with van der Waals surface area (Å²) in [5.41, 5.74) is 0. The highest BCUT2D eigenvalue weighted by molar-refractivity contribution is 5.69. The second-order valence-corrected chi connectivity index (χ2v) is 12.0. The van der Waals surface area contributed by atoms with Crippen molar-refractivity contribution in [2.45, 2.75) is 193 Å². The first kappa shape index (κ1) is 40.2. The van der Waals surface area contributed by atoms with Crippen molar-refractivity contribution >= 4 is 11.9 Å². The number of hydrogen-bond donors (Lipinski definition) is 1. The van der Waals surface area contributed by atoms with Gasteiger partial charge in [-0.25, -0.2) is 0 Å². The van der Waals surface area contributed by atoms with Gasteiger partial charge in [-0.1, -0.05) is 127 Å². The van der Waals surface area contributed by atoms with Crippen LogP contribution < -0.4 is 0 Å². The molecule has 4 nitrogen and oxygen atoms in total. The summed E-state index contributed by atoms with van der Waals surface area (Å²) >= 11 is 0. The Hall–Kier alpha value is -1.84. The van der Waals surface area contributed by atoms with E-state index in [9.17, 15) is 9.59 Å². The van der Waals surface area contributed by atoms with Gasteiger partial charge in [0.05, 0.1) is 0 Å². The van der Waals surface area contributed by atoms with E-state index in [1.54, 1.807) is 0 Å². The molecule has 0 aliphatic heterocycles. The number of ether oxygens (including phenoxy) is 1. The van der Waals surface area contributed by atoms with E-state index in [1.807, 2.05) is 0 Å². The molecule has 0 fully saturated rings. The van der Waals surface area contributed by atoms with Gasteiger partial charge in [0.15, 0.2) is 0 Å². The summed E-state index contributed by atoms with van der Waals surface area (Å²) in [6.07, 6.45) is 43.1. The van der Waals surface area contributed by atoms with Crippen molar-refractivity contribution in [1.29, 1.82) is 0 Å². The molecule has 0 saturated heterocycles. The van der Waals surface area contributed by atoms with E-state index in [-0.39, 0.29) is 18.5 Å². The van der Waals surface area contributed by atoms with Crippen molar-refractivity contribution in [2.24, 2.45) is 0 Å². The Bertz CT molecular complexity index is 679. The van der Waals surface area contributed by atoms with Gasteiger partial charge in [-0.15, -0.1) is 0 Å². The van der Waals surface area contributed by atoms with Crippen molar-refractivity contribution in [3.05, 3.63) is 36.5 Å². The van der Waals surface area contributed by atoms with Gasteiger partial charge >= 0.3 is 11.9 Å². The third-order valence-corrected chi connectivity index (χ3v) is 7.85. The number of carbonyl (C=O) groups is 2. The Labute approximate surface area is 260 Å². The molecular formula is C38H68O4. The fourth-order valence-corrected chi connectivity index (χ4v) is 5.14. The lowest BCUT2D eigenvalue weighted by Gasteiger charge is -2.17. The molecule has 0 aromatic rings. The van der Waals surface area contributed by atoms with Crippen LogP contribution in [0.25, 0.3) is 0 Å². The summed E-state index contributed by atoms with van der Waals surface area (Å²) in [5.74, 6) is -0.973. The molecule has 4 heteroatoms. The van der Waals surface area contributed by atoms with E-state index in [4.69, 9.17) is 9.84 Å². The van der Waals surface area contributed by atoms with Crippen molar-refractivity contribution in [3.63, 3.8) is 0 Å². The maximum Gasteiger partial charge on any atom is 0.306 e. The average Bonchev–Trinajstić information content (AvgIpc) is 2.97. The van der Waals surface area contributed by atoms with E-state index >= 15 is 0 Å². The van der Waals surface area contributed by atoms with Gasteiger partial charge in [-0.2, -0.15) is 0 Å². The molecule has 0 aliphatic carbocycles. The van der Waals surface area contributed by atoms with Crippen LogP contribution in [0.3, 0.4) is 0 Å². The minimum Gasteiger partial charge on any atom is -0.481 e. The van der Waals surface area contributed by atoms with Gasteiger partial charge < -0.3 is 9.84 Å². The summed E-state index contributed by atoms with van der Waals surface area (Å²) in [7, 11) is 0. The number of rotatable bonds is 32. The van der Waals surface area contributed by atoms with Crippen LogP contribution >= 0.6 is 0 Å². The van der Waals surface area contributed by atoms with E-state index < -0.39 is 5.97 Å².